The van der Waals surface area contributed by atoms with Crippen molar-refractivity contribution in [2.75, 3.05) is 21.3 Å². The average molecular weight is 401 g/mol. The van der Waals surface area contributed by atoms with Crippen LogP contribution in [0, 0.1) is 0 Å². The summed E-state index contributed by atoms with van der Waals surface area (Å²) in [4.78, 5) is 2.00. The minimum Gasteiger partial charge on any atom is -0.503 e. The average Bonchev–Trinajstić information content (AvgIpc) is 2.64. The fourth-order valence-corrected chi connectivity index (χ4v) is 3.04. The van der Waals surface area contributed by atoms with Gasteiger partial charge in [-0.25, -0.2) is 4.83 Å². The maximum absolute atomic E-state index is 12.3. The molecule has 2 N–H and O–H groups in total. The number of hydrogen-bond donors (Lipinski definition) is 2. The Hall–Kier alpha value is -2.65. The molecule has 0 heterocycles. The van der Waals surface area contributed by atoms with Gasteiger partial charge < -0.3 is 19.3 Å². The van der Waals surface area contributed by atoms with Crippen LogP contribution in [-0.2, 0) is 10.0 Å². The molecule has 0 spiro atoms. The van der Waals surface area contributed by atoms with Crippen LogP contribution >= 0.6 is 11.6 Å². The van der Waals surface area contributed by atoms with Gasteiger partial charge in [0.05, 0.1) is 37.5 Å². The second kappa shape index (κ2) is 8.15. The Kier molecular flexibility index (Phi) is 6.17. The molecule has 0 saturated heterocycles. The number of aromatic hydroxyl groups is 1. The highest BCUT2D eigenvalue weighted by molar-refractivity contribution is 7.89. The van der Waals surface area contributed by atoms with Crippen LogP contribution in [0.3, 0.4) is 0 Å². The van der Waals surface area contributed by atoms with Crippen LogP contribution in [0.15, 0.2) is 40.3 Å². The summed E-state index contributed by atoms with van der Waals surface area (Å²) < 4.78 is 39.7. The molecule has 0 bridgehead atoms. The quantitative estimate of drug-likeness (QED) is 0.546. The monoisotopic (exact) mass is 400 g/mol. The van der Waals surface area contributed by atoms with E-state index in [1.54, 1.807) is 0 Å². The highest BCUT2D eigenvalue weighted by Gasteiger charge is 2.16. The maximum atomic E-state index is 12.3. The lowest BCUT2D eigenvalue weighted by atomic mass is 10.2. The van der Waals surface area contributed by atoms with E-state index in [0.29, 0.717) is 11.3 Å². The summed E-state index contributed by atoms with van der Waals surface area (Å²) in [5, 5.41) is 13.5. The molecule has 0 atom stereocenters. The Morgan fingerprint density at radius 3 is 2.27 bits per heavy atom. The number of rotatable bonds is 7. The van der Waals surface area contributed by atoms with Gasteiger partial charge >= 0.3 is 0 Å². The van der Waals surface area contributed by atoms with Crippen molar-refractivity contribution in [3.05, 3.63) is 40.9 Å². The van der Waals surface area contributed by atoms with E-state index in [1.807, 2.05) is 0 Å². The third kappa shape index (κ3) is 4.12. The van der Waals surface area contributed by atoms with Crippen molar-refractivity contribution in [2.24, 2.45) is 5.10 Å². The highest BCUT2D eigenvalue weighted by Crippen LogP contribution is 2.35. The van der Waals surface area contributed by atoms with Gasteiger partial charge in [-0.15, -0.1) is 0 Å². The molecule has 0 aliphatic heterocycles. The molecule has 0 saturated carbocycles. The number of nitrogens with one attached hydrogen (secondary N) is 1. The molecule has 8 nitrogen and oxygen atoms in total. The van der Waals surface area contributed by atoms with Crippen LogP contribution < -0.4 is 19.0 Å². The molecule has 0 aliphatic rings. The summed E-state index contributed by atoms with van der Waals surface area (Å²) in [7, 11) is 0.296. The Labute approximate surface area is 156 Å². The van der Waals surface area contributed by atoms with Gasteiger partial charge in [-0.2, -0.15) is 13.5 Å². The molecule has 0 aromatic heterocycles. The first-order valence-corrected chi connectivity index (χ1v) is 9.02. The van der Waals surface area contributed by atoms with Crippen molar-refractivity contribution in [1.82, 2.24) is 4.83 Å². The molecule has 0 radical (unpaired) electrons. The Morgan fingerprint density at radius 1 is 1.04 bits per heavy atom. The van der Waals surface area contributed by atoms with E-state index in [9.17, 15) is 13.5 Å². The van der Waals surface area contributed by atoms with Crippen molar-refractivity contribution in [2.45, 2.75) is 4.90 Å². The minimum absolute atomic E-state index is 0.0154. The predicted octanol–water partition coefficient (Wildman–Crippen LogP) is 2.38. The molecule has 0 fully saturated rings. The predicted molar refractivity (Wildman–Crippen MR) is 97.1 cm³/mol. The first kappa shape index (κ1) is 19.7. The van der Waals surface area contributed by atoms with E-state index in [-0.39, 0.29) is 27.2 Å². The van der Waals surface area contributed by atoms with E-state index >= 15 is 0 Å². The zero-order valence-electron chi connectivity index (χ0n) is 14.2. The van der Waals surface area contributed by atoms with Gasteiger partial charge in [-0.05, 0) is 24.3 Å². The lowest BCUT2D eigenvalue weighted by Crippen LogP contribution is -2.18. The number of hydrogen-bond acceptors (Lipinski definition) is 7. The van der Waals surface area contributed by atoms with E-state index < -0.39 is 10.0 Å². The first-order chi connectivity index (χ1) is 12.3. The lowest BCUT2D eigenvalue weighted by Gasteiger charge is -2.10. The van der Waals surface area contributed by atoms with Crippen molar-refractivity contribution in [1.29, 1.82) is 0 Å². The molecule has 0 unspecified atom stereocenters. The Morgan fingerprint density at radius 2 is 1.65 bits per heavy atom. The van der Waals surface area contributed by atoms with E-state index in [1.165, 1.54) is 57.9 Å². The third-order valence-electron chi connectivity index (χ3n) is 3.37. The van der Waals surface area contributed by atoms with Crippen molar-refractivity contribution in [3.63, 3.8) is 0 Å². The number of methoxy groups -OCH3 is 3. The van der Waals surface area contributed by atoms with Gasteiger partial charge in [-0.1, -0.05) is 11.6 Å². The van der Waals surface area contributed by atoms with Gasteiger partial charge in [0, 0.05) is 11.6 Å². The molecule has 2 aromatic carbocycles. The SMILES string of the molecule is COc1ccc(S(=O)(=O)N/N=C/c2ccc(OC)c(O)c2Cl)cc1OC. The van der Waals surface area contributed by atoms with Gasteiger partial charge in [0.1, 0.15) is 0 Å². The van der Waals surface area contributed by atoms with Gasteiger partial charge in [0.15, 0.2) is 23.0 Å². The molecule has 0 aliphatic carbocycles. The number of nitrogens with zero attached hydrogens (tertiary/aromatic N) is 1. The van der Waals surface area contributed by atoms with Crippen LogP contribution in [0.5, 0.6) is 23.0 Å². The van der Waals surface area contributed by atoms with Crippen LogP contribution in [0.2, 0.25) is 5.02 Å². The lowest BCUT2D eigenvalue weighted by molar-refractivity contribution is 0.354. The third-order valence-corrected chi connectivity index (χ3v) is 4.99. The fraction of sp³-hybridized carbons (Fsp3) is 0.188. The number of halogens is 1. The van der Waals surface area contributed by atoms with Crippen LogP contribution in [0.4, 0.5) is 0 Å². The molecule has 0 amide bonds. The summed E-state index contributed by atoms with van der Waals surface area (Å²) in [6.45, 7) is 0. The first-order valence-electron chi connectivity index (χ1n) is 7.16. The van der Waals surface area contributed by atoms with Crippen LogP contribution in [0.1, 0.15) is 5.56 Å². The minimum atomic E-state index is -3.94. The number of ether oxygens (including phenoxy) is 3. The Balaban J connectivity index is 2.23. The summed E-state index contributed by atoms with van der Waals surface area (Å²) in [5.41, 5.74) is 0.306. The highest BCUT2D eigenvalue weighted by atomic mass is 35.5. The summed E-state index contributed by atoms with van der Waals surface area (Å²) in [6.07, 6.45) is 1.17. The smallest absolute Gasteiger partial charge is 0.276 e. The van der Waals surface area contributed by atoms with Crippen molar-refractivity contribution >= 4 is 27.8 Å². The number of phenolic OH excluding ortho intramolecular Hbond substituents is 1. The van der Waals surface area contributed by atoms with Crippen molar-refractivity contribution < 1.29 is 27.7 Å². The second-order valence-corrected chi connectivity index (χ2v) is 6.93. The second-order valence-electron chi connectivity index (χ2n) is 4.89. The van der Waals surface area contributed by atoms with E-state index in [0.717, 1.165) is 0 Å². The van der Waals surface area contributed by atoms with Gasteiger partial charge in [-0.3, -0.25) is 0 Å². The summed E-state index contributed by atoms with van der Waals surface area (Å²) in [5.74, 6) is 0.594. The van der Waals surface area contributed by atoms with Crippen molar-refractivity contribution in [3.8, 4) is 23.0 Å². The standard InChI is InChI=1S/C16H17ClN2O6S/c1-23-12-7-5-11(8-14(12)25-3)26(21,22)19-18-9-10-4-6-13(24-2)16(20)15(10)17/h4-9,19-20H,1-3H3/b18-9+. The number of hydrazone groups is 1. The molecule has 2 rings (SSSR count). The largest absolute Gasteiger partial charge is 0.503 e. The Bertz CT molecular complexity index is 931. The van der Waals surface area contributed by atoms with Gasteiger partial charge in [0.25, 0.3) is 10.0 Å². The molecule has 10 heteroatoms. The summed E-state index contributed by atoms with van der Waals surface area (Å²) >= 11 is 5.99. The van der Waals surface area contributed by atoms with Crippen LogP contribution in [-0.4, -0.2) is 41.1 Å². The topological polar surface area (TPSA) is 106 Å². The number of benzene rings is 2. The zero-order chi connectivity index (χ0) is 19.3. The van der Waals surface area contributed by atoms with E-state index in [2.05, 4.69) is 9.93 Å². The maximum Gasteiger partial charge on any atom is 0.276 e. The number of sulfonamides is 1. The summed E-state index contributed by atoms with van der Waals surface area (Å²) in [6, 6.07) is 7.13. The van der Waals surface area contributed by atoms with E-state index in [4.69, 9.17) is 25.8 Å². The zero-order valence-corrected chi connectivity index (χ0v) is 15.8. The normalized spacial score (nSPS) is 11.4. The molecule has 26 heavy (non-hydrogen) atoms. The fourth-order valence-electron chi connectivity index (χ4n) is 2.03. The number of phenols is 1. The molecule has 140 valence electrons. The van der Waals surface area contributed by atoms with Gasteiger partial charge in [0.2, 0.25) is 0 Å². The molecular weight excluding hydrogens is 384 g/mol. The van der Waals surface area contributed by atoms with Crippen LogP contribution in [0.25, 0.3) is 0 Å². The molecule has 2 aromatic rings. The molecular formula is C16H17ClN2O6S.